The summed E-state index contributed by atoms with van der Waals surface area (Å²) in [5.41, 5.74) is 1.98. The van der Waals surface area contributed by atoms with Gasteiger partial charge in [-0.3, -0.25) is 10.1 Å². The first-order valence-corrected chi connectivity index (χ1v) is 12.0. The van der Waals surface area contributed by atoms with Gasteiger partial charge in [-0.25, -0.2) is 4.79 Å². The summed E-state index contributed by atoms with van der Waals surface area (Å²) < 4.78 is 12.6. The van der Waals surface area contributed by atoms with Gasteiger partial charge < -0.3 is 19.0 Å². The van der Waals surface area contributed by atoms with Crippen LogP contribution in [0, 0.1) is 0 Å². The Morgan fingerprint density at radius 2 is 1.83 bits per heavy atom. The van der Waals surface area contributed by atoms with Crippen molar-refractivity contribution < 1.29 is 18.7 Å². The van der Waals surface area contributed by atoms with E-state index in [0.29, 0.717) is 29.0 Å². The van der Waals surface area contributed by atoms with Crippen molar-refractivity contribution in [2.24, 2.45) is 0 Å². The average Bonchev–Trinajstić information content (AvgIpc) is 3.55. The summed E-state index contributed by atoms with van der Waals surface area (Å²) in [6, 6.07) is 20.6. The fraction of sp³-hybridized carbons (Fsp3) is 0.200. The third-order valence-electron chi connectivity index (χ3n) is 5.12. The Morgan fingerprint density at radius 3 is 2.60 bits per heavy atom. The zero-order valence-corrected chi connectivity index (χ0v) is 20.0. The number of ether oxygens (including phenoxy) is 1. The number of hydrogen-bond acceptors (Lipinski definition) is 7. The molecule has 0 saturated heterocycles. The summed E-state index contributed by atoms with van der Waals surface area (Å²) in [6.07, 6.45) is 2.28. The van der Waals surface area contributed by atoms with Crippen molar-refractivity contribution in [3.8, 4) is 17.1 Å². The number of furan rings is 1. The highest BCUT2D eigenvalue weighted by atomic mass is 32.2. The molecule has 0 bridgehead atoms. The molecule has 0 fully saturated rings. The van der Waals surface area contributed by atoms with Crippen molar-refractivity contribution in [3.05, 3.63) is 84.3 Å². The van der Waals surface area contributed by atoms with Crippen LogP contribution in [-0.4, -0.2) is 39.6 Å². The molecular weight excluding hydrogens is 466 g/mol. The van der Waals surface area contributed by atoms with Gasteiger partial charge in [0.15, 0.2) is 11.0 Å². The Bertz CT molecular complexity index is 1260. The molecule has 2 heterocycles. The maximum atomic E-state index is 12.4. The van der Waals surface area contributed by atoms with Crippen LogP contribution >= 0.6 is 11.8 Å². The number of para-hydroxylation sites is 1. The lowest BCUT2D eigenvalue weighted by Crippen LogP contribution is -2.39. The normalized spacial score (nSPS) is 10.7. The van der Waals surface area contributed by atoms with Crippen molar-refractivity contribution >= 4 is 23.7 Å². The monoisotopic (exact) mass is 491 g/mol. The summed E-state index contributed by atoms with van der Waals surface area (Å²) >= 11 is 1.22. The summed E-state index contributed by atoms with van der Waals surface area (Å²) in [6.45, 7) is 0.799. The van der Waals surface area contributed by atoms with Crippen molar-refractivity contribution in [2.75, 3.05) is 12.9 Å². The number of methoxy groups -OCH3 is 1. The van der Waals surface area contributed by atoms with Gasteiger partial charge in [0.05, 0.1) is 31.2 Å². The number of rotatable bonds is 10. The quantitative estimate of drug-likeness (QED) is 0.324. The Morgan fingerprint density at radius 1 is 1.03 bits per heavy atom. The molecule has 9 nitrogen and oxygen atoms in total. The van der Waals surface area contributed by atoms with E-state index in [1.54, 1.807) is 19.2 Å². The maximum Gasteiger partial charge on any atom is 0.321 e. The Balaban J connectivity index is 1.44. The van der Waals surface area contributed by atoms with E-state index in [0.717, 1.165) is 12.0 Å². The number of amides is 3. The van der Waals surface area contributed by atoms with Crippen LogP contribution in [0.4, 0.5) is 4.79 Å². The highest BCUT2D eigenvalue weighted by Crippen LogP contribution is 2.31. The van der Waals surface area contributed by atoms with Gasteiger partial charge in [-0.05, 0) is 36.2 Å². The molecule has 2 N–H and O–H groups in total. The molecular formula is C25H25N5O4S. The van der Waals surface area contributed by atoms with E-state index in [2.05, 4.69) is 33.0 Å². The smallest absolute Gasteiger partial charge is 0.321 e. The first-order valence-electron chi connectivity index (χ1n) is 11.0. The molecule has 0 saturated carbocycles. The lowest BCUT2D eigenvalue weighted by atomic mass is 10.1. The first-order chi connectivity index (χ1) is 17.1. The van der Waals surface area contributed by atoms with Gasteiger partial charge >= 0.3 is 6.03 Å². The SMILES string of the molecule is COc1ccccc1-c1nnc(SCC(=O)NC(=O)NCc2ccco2)n1CCc1ccccc1. The van der Waals surface area contributed by atoms with Gasteiger partial charge in [-0.2, -0.15) is 0 Å². The summed E-state index contributed by atoms with van der Waals surface area (Å²) in [5, 5.41) is 14.2. The second-order valence-corrected chi connectivity index (χ2v) is 8.44. The molecule has 2 aromatic heterocycles. The third kappa shape index (κ3) is 6.51. The third-order valence-corrected chi connectivity index (χ3v) is 6.09. The number of nitrogens with one attached hydrogen (secondary N) is 2. The van der Waals surface area contributed by atoms with Gasteiger partial charge in [-0.1, -0.05) is 54.2 Å². The zero-order chi connectivity index (χ0) is 24.5. The zero-order valence-electron chi connectivity index (χ0n) is 19.1. The maximum absolute atomic E-state index is 12.4. The molecule has 0 aliphatic rings. The van der Waals surface area contributed by atoms with E-state index in [4.69, 9.17) is 9.15 Å². The fourth-order valence-electron chi connectivity index (χ4n) is 3.43. The number of urea groups is 1. The standard InChI is InChI=1S/C25H25N5O4S/c1-33-21-12-6-5-11-20(21)23-28-29-25(30(23)14-13-18-8-3-2-4-9-18)35-17-22(31)27-24(32)26-16-19-10-7-15-34-19/h2-12,15H,13-14,16-17H2,1H3,(H2,26,27,31,32). The van der Waals surface area contributed by atoms with E-state index >= 15 is 0 Å². The lowest BCUT2D eigenvalue weighted by molar-refractivity contribution is -0.117. The van der Waals surface area contributed by atoms with Gasteiger partial charge in [0.1, 0.15) is 11.5 Å². The van der Waals surface area contributed by atoms with Crippen LogP contribution in [0.2, 0.25) is 0 Å². The number of carbonyl (C=O) groups is 2. The summed E-state index contributed by atoms with van der Waals surface area (Å²) in [7, 11) is 1.61. The van der Waals surface area contributed by atoms with Crippen molar-refractivity contribution in [1.82, 2.24) is 25.4 Å². The number of nitrogens with zero attached hydrogens (tertiary/aromatic N) is 3. The molecule has 0 radical (unpaired) electrons. The predicted molar refractivity (Wildman–Crippen MR) is 132 cm³/mol. The summed E-state index contributed by atoms with van der Waals surface area (Å²) in [4.78, 5) is 24.4. The van der Waals surface area contributed by atoms with E-state index in [9.17, 15) is 9.59 Å². The minimum atomic E-state index is -0.591. The van der Waals surface area contributed by atoms with Crippen molar-refractivity contribution in [3.63, 3.8) is 0 Å². The molecule has 3 amide bonds. The highest BCUT2D eigenvalue weighted by molar-refractivity contribution is 7.99. The largest absolute Gasteiger partial charge is 0.496 e. The number of aromatic nitrogens is 3. The average molecular weight is 492 g/mol. The molecule has 2 aromatic carbocycles. The van der Waals surface area contributed by atoms with Crippen LogP contribution in [-0.2, 0) is 24.3 Å². The number of aryl methyl sites for hydroxylation is 1. The molecule has 0 aliphatic carbocycles. The van der Waals surface area contributed by atoms with Crippen molar-refractivity contribution in [1.29, 1.82) is 0 Å². The molecule has 4 rings (SSSR count). The van der Waals surface area contributed by atoms with E-state index < -0.39 is 11.9 Å². The van der Waals surface area contributed by atoms with Crippen LogP contribution in [0.5, 0.6) is 5.75 Å². The van der Waals surface area contributed by atoms with Crippen LogP contribution in [0.15, 0.2) is 82.6 Å². The molecule has 35 heavy (non-hydrogen) atoms. The Hall–Kier alpha value is -4.05. The van der Waals surface area contributed by atoms with Gasteiger partial charge in [0, 0.05) is 6.54 Å². The molecule has 0 spiro atoms. The highest BCUT2D eigenvalue weighted by Gasteiger charge is 2.19. The molecule has 10 heteroatoms. The minimum absolute atomic E-state index is 0.00354. The van der Waals surface area contributed by atoms with E-state index in [-0.39, 0.29) is 12.3 Å². The number of hydrogen-bond donors (Lipinski definition) is 2. The van der Waals surface area contributed by atoms with E-state index in [1.807, 2.05) is 47.0 Å². The lowest BCUT2D eigenvalue weighted by Gasteiger charge is -2.12. The molecule has 180 valence electrons. The molecule has 0 atom stereocenters. The van der Waals surface area contributed by atoms with Gasteiger partial charge in [0.25, 0.3) is 0 Å². The van der Waals surface area contributed by atoms with Crippen LogP contribution < -0.4 is 15.4 Å². The van der Waals surface area contributed by atoms with Crippen LogP contribution in [0.1, 0.15) is 11.3 Å². The number of thioether (sulfide) groups is 1. The predicted octanol–water partition coefficient (Wildman–Crippen LogP) is 3.91. The Kier molecular flexibility index (Phi) is 8.18. The van der Waals surface area contributed by atoms with Crippen LogP contribution in [0.25, 0.3) is 11.4 Å². The molecule has 0 aliphatic heterocycles. The van der Waals surface area contributed by atoms with E-state index in [1.165, 1.54) is 23.6 Å². The number of carbonyl (C=O) groups excluding carboxylic acids is 2. The topological polar surface area (TPSA) is 111 Å². The summed E-state index contributed by atoms with van der Waals surface area (Å²) in [5.74, 6) is 1.49. The number of benzene rings is 2. The van der Waals surface area contributed by atoms with Crippen LogP contribution in [0.3, 0.4) is 0 Å². The van der Waals surface area contributed by atoms with Gasteiger partial charge in [0.2, 0.25) is 5.91 Å². The molecule has 0 unspecified atom stereocenters. The first kappa shape index (κ1) is 24.1. The second kappa shape index (κ2) is 11.9. The minimum Gasteiger partial charge on any atom is -0.496 e. The second-order valence-electron chi connectivity index (χ2n) is 7.49. The Labute approximate surface area is 206 Å². The van der Waals surface area contributed by atoms with Crippen molar-refractivity contribution in [2.45, 2.75) is 24.7 Å². The fourth-order valence-corrected chi connectivity index (χ4v) is 4.19. The molecule has 4 aromatic rings. The number of imide groups is 1. The van der Waals surface area contributed by atoms with Gasteiger partial charge in [-0.15, -0.1) is 10.2 Å².